The fourth-order valence-corrected chi connectivity index (χ4v) is 4.92. The number of fused-ring (bicyclic) bond motifs is 2. The van der Waals surface area contributed by atoms with Gasteiger partial charge < -0.3 is 24.0 Å². The molecule has 0 radical (unpaired) electrons. The number of carbonyl (C=O) groups is 1. The minimum absolute atomic E-state index is 0.0627. The summed E-state index contributed by atoms with van der Waals surface area (Å²) in [5.74, 6) is 3.62. The Balaban J connectivity index is 1.07. The molecule has 1 aromatic heterocycles. The lowest BCUT2D eigenvalue weighted by Gasteiger charge is -2.36. The number of hydrogen-bond acceptors (Lipinski definition) is 7. The number of piperidine rings is 1. The van der Waals surface area contributed by atoms with Crippen molar-refractivity contribution in [3.05, 3.63) is 66.0 Å². The first-order chi connectivity index (χ1) is 16.7. The topological polar surface area (TPSA) is 77.0 Å². The second kappa shape index (κ2) is 8.85. The lowest BCUT2D eigenvalue weighted by atomic mass is 9.93. The van der Waals surface area contributed by atoms with Gasteiger partial charge in [-0.2, -0.15) is 0 Å². The van der Waals surface area contributed by atoms with Crippen LogP contribution in [0.25, 0.3) is 0 Å². The van der Waals surface area contributed by atoms with Crippen LogP contribution >= 0.6 is 0 Å². The number of hydrogen-bond donors (Lipinski definition) is 0. The second-order valence-corrected chi connectivity index (χ2v) is 8.87. The minimum Gasteiger partial charge on any atom is -0.454 e. The Morgan fingerprint density at radius 1 is 0.941 bits per heavy atom. The van der Waals surface area contributed by atoms with E-state index in [-0.39, 0.29) is 18.6 Å². The molecule has 0 N–H and O–H groups in total. The predicted octanol–water partition coefficient (Wildman–Crippen LogP) is 3.80. The summed E-state index contributed by atoms with van der Waals surface area (Å²) in [5.41, 5.74) is 2.64. The quantitative estimate of drug-likeness (QED) is 0.589. The van der Waals surface area contributed by atoms with Gasteiger partial charge in [0.2, 0.25) is 18.6 Å². The van der Waals surface area contributed by atoms with Crippen molar-refractivity contribution in [3.8, 4) is 23.1 Å². The van der Waals surface area contributed by atoms with Crippen LogP contribution in [-0.4, -0.2) is 47.2 Å². The molecule has 3 aromatic rings. The third kappa shape index (κ3) is 4.11. The molecule has 174 valence electrons. The van der Waals surface area contributed by atoms with Crippen molar-refractivity contribution in [2.45, 2.75) is 25.8 Å². The molecule has 0 unspecified atom stereocenters. The largest absolute Gasteiger partial charge is 0.454 e. The highest BCUT2D eigenvalue weighted by Gasteiger charge is 2.30. The normalized spacial score (nSPS) is 17.4. The number of carbonyl (C=O) groups excluding carboxylic acids is 1. The van der Waals surface area contributed by atoms with Crippen LogP contribution in [0.1, 0.15) is 24.0 Å². The van der Waals surface area contributed by atoms with Gasteiger partial charge in [-0.25, -0.2) is 9.97 Å². The second-order valence-electron chi connectivity index (χ2n) is 8.87. The molecule has 1 fully saturated rings. The van der Waals surface area contributed by atoms with Crippen molar-refractivity contribution in [2.75, 3.05) is 31.3 Å². The number of amides is 1. The smallest absolute Gasteiger partial charge is 0.231 e. The molecular weight excluding hydrogens is 432 g/mol. The Morgan fingerprint density at radius 2 is 1.76 bits per heavy atom. The van der Waals surface area contributed by atoms with Gasteiger partial charge in [-0.15, -0.1) is 0 Å². The zero-order chi connectivity index (χ0) is 22.9. The molecule has 0 spiro atoms. The Labute approximate surface area is 198 Å². The summed E-state index contributed by atoms with van der Waals surface area (Å²) in [6.45, 7) is 3.31. The molecule has 6 rings (SSSR count). The van der Waals surface area contributed by atoms with Crippen molar-refractivity contribution in [1.29, 1.82) is 0 Å². The Kier molecular flexibility index (Phi) is 5.41. The molecule has 0 bridgehead atoms. The van der Waals surface area contributed by atoms with Gasteiger partial charge in [0.15, 0.2) is 11.5 Å². The van der Waals surface area contributed by atoms with Crippen molar-refractivity contribution in [1.82, 2.24) is 14.9 Å². The first-order valence-corrected chi connectivity index (χ1v) is 11.7. The molecule has 0 atom stereocenters. The van der Waals surface area contributed by atoms with Crippen LogP contribution in [0.2, 0.25) is 0 Å². The van der Waals surface area contributed by atoms with Crippen LogP contribution in [-0.2, 0) is 17.8 Å². The number of rotatable bonds is 4. The third-order valence-electron chi connectivity index (χ3n) is 6.80. The average Bonchev–Trinajstić information content (AvgIpc) is 3.36. The zero-order valence-corrected chi connectivity index (χ0v) is 18.9. The first-order valence-electron chi connectivity index (χ1n) is 11.7. The molecule has 1 saturated heterocycles. The van der Waals surface area contributed by atoms with Crippen LogP contribution < -0.4 is 19.1 Å². The van der Waals surface area contributed by atoms with Gasteiger partial charge in [-0.1, -0.05) is 24.3 Å². The maximum atomic E-state index is 13.2. The van der Waals surface area contributed by atoms with Gasteiger partial charge in [0.05, 0.1) is 0 Å². The van der Waals surface area contributed by atoms with Gasteiger partial charge in [-0.05, 0) is 42.5 Å². The Morgan fingerprint density at radius 3 is 2.65 bits per heavy atom. The molecule has 8 nitrogen and oxygen atoms in total. The zero-order valence-electron chi connectivity index (χ0n) is 18.9. The molecule has 4 heterocycles. The van der Waals surface area contributed by atoms with Gasteiger partial charge >= 0.3 is 0 Å². The highest BCUT2D eigenvalue weighted by atomic mass is 16.7. The third-order valence-corrected chi connectivity index (χ3v) is 6.80. The van der Waals surface area contributed by atoms with E-state index in [2.05, 4.69) is 39.1 Å². The summed E-state index contributed by atoms with van der Waals surface area (Å²) < 4.78 is 16.7. The SMILES string of the molecule is O=C(C1CCN(c2cc(Oc3ccc4c(c3)OCO4)ncn2)CC1)N1CCc2ccccc2C1. The summed E-state index contributed by atoms with van der Waals surface area (Å²) >= 11 is 0. The van der Waals surface area contributed by atoms with Crippen LogP contribution in [0.15, 0.2) is 54.9 Å². The fourth-order valence-electron chi connectivity index (χ4n) is 4.92. The Bertz CT molecular complexity index is 1210. The fraction of sp³-hybridized carbons (Fsp3) is 0.346. The van der Waals surface area contributed by atoms with Gasteiger partial charge in [-0.3, -0.25) is 4.79 Å². The average molecular weight is 459 g/mol. The van der Waals surface area contributed by atoms with E-state index in [0.29, 0.717) is 23.1 Å². The number of anilines is 1. The molecule has 3 aliphatic rings. The molecule has 34 heavy (non-hydrogen) atoms. The number of aromatic nitrogens is 2. The van der Waals surface area contributed by atoms with Crippen molar-refractivity contribution >= 4 is 11.7 Å². The monoisotopic (exact) mass is 458 g/mol. The summed E-state index contributed by atoms with van der Waals surface area (Å²) in [5, 5.41) is 0. The predicted molar refractivity (Wildman–Crippen MR) is 125 cm³/mol. The Hall–Kier alpha value is -3.81. The van der Waals surface area contributed by atoms with E-state index in [1.807, 2.05) is 23.1 Å². The number of benzene rings is 2. The number of ether oxygens (including phenoxy) is 3. The van der Waals surface area contributed by atoms with Gasteiger partial charge in [0.1, 0.15) is 17.9 Å². The van der Waals surface area contributed by atoms with Crippen LogP contribution in [0.3, 0.4) is 0 Å². The molecule has 1 amide bonds. The van der Waals surface area contributed by atoms with E-state index in [0.717, 1.165) is 51.3 Å². The maximum absolute atomic E-state index is 13.2. The first kappa shape index (κ1) is 20.8. The van der Waals surface area contributed by atoms with Crippen LogP contribution in [0.4, 0.5) is 5.82 Å². The minimum atomic E-state index is 0.0627. The molecule has 8 heteroatoms. The number of nitrogens with zero attached hydrogens (tertiary/aromatic N) is 4. The molecular formula is C26H26N4O4. The van der Waals surface area contributed by atoms with Gasteiger partial charge in [0.25, 0.3) is 0 Å². The lowest BCUT2D eigenvalue weighted by Crippen LogP contribution is -2.44. The van der Waals surface area contributed by atoms with Gasteiger partial charge in [0, 0.05) is 44.2 Å². The highest BCUT2D eigenvalue weighted by molar-refractivity contribution is 5.79. The van der Waals surface area contributed by atoms with E-state index in [1.165, 1.54) is 17.5 Å². The highest BCUT2D eigenvalue weighted by Crippen LogP contribution is 2.36. The van der Waals surface area contributed by atoms with Crippen LogP contribution in [0, 0.1) is 5.92 Å². The van der Waals surface area contributed by atoms with Crippen molar-refractivity contribution in [3.63, 3.8) is 0 Å². The van der Waals surface area contributed by atoms with E-state index in [4.69, 9.17) is 14.2 Å². The molecule has 3 aliphatic heterocycles. The molecule has 0 saturated carbocycles. The molecule has 0 aliphatic carbocycles. The summed E-state index contributed by atoms with van der Waals surface area (Å²) in [7, 11) is 0. The summed E-state index contributed by atoms with van der Waals surface area (Å²) in [6, 6.07) is 15.7. The van der Waals surface area contributed by atoms with E-state index >= 15 is 0 Å². The van der Waals surface area contributed by atoms with E-state index in [1.54, 1.807) is 6.07 Å². The van der Waals surface area contributed by atoms with Crippen LogP contribution in [0.5, 0.6) is 23.1 Å². The van der Waals surface area contributed by atoms with E-state index in [9.17, 15) is 4.79 Å². The molecule has 2 aromatic carbocycles. The summed E-state index contributed by atoms with van der Waals surface area (Å²) in [4.78, 5) is 26.1. The van der Waals surface area contributed by atoms with Crippen molar-refractivity contribution in [2.24, 2.45) is 5.92 Å². The maximum Gasteiger partial charge on any atom is 0.231 e. The summed E-state index contributed by atoms with van der Waals surface area (Å²) in [6.07, 6.45) is 4.09. The standard InChI is InChI=1S/C26H26N4O4/c31-26(30-12-7-18-3-1-2-4-20(18)15-30)19-8-10-29(11-9-19)24-14-25(28-16-27-24)34-21-5-6-22-23(13-21)33-17-32-22/h1-6,13-14,16,19H,7-12,15,17H2. The van der Waals surface area contributed by atoms with E-state index < -0.39 is 0 Å². The lowest BCUT2D eigenvalue weighted by molar-refractivity contribution is -0.137. The van der Waals surface area contributed by atoms with Crippen molar-refractivity contribution < 1.29 is 19.0 Å².